The summed E-state index contributed by atoms with van der Waals surface area (Å²) in [5.41, 5.74) is 2.64. The highest BCUT2D eigenvalue weighted by atomic mass is 19.1. The third-order valence-corrected chi connectivity index (χ3v) is 5.20. The quantitative estimate of drug-likeness (QED) is 0.794. The molecule has 1 saturated heterocycles. The topological polar surface area (TPSA) is 53.4 Å². The van der Waals surface area contributed by atoms with E-state index in [0.29, 0.717) is 24.7 Å². The lowest BCUT2D eigenvalue weighted by Crippen LogP contribution is -2.48. The third kappa shape index (κ3) is 4.90. The zero-order valence-corrected chi connectivity index (χ0v) is 17.0. The Hall–Kier alpha value is -2.41. The molecule has 1 amide bonds. The Labute approximate surface area is 166 Å². The molecule has 3 rings (SSSR count). The molecule has 28 heavy (non-hydrogen) atoms. The number of nitrogens with one attached hydrogen (secondary N) is 1. The molecule has 7 heteroatoms. The van der Waals surface area contributed by atoms with Crippen LogP contribution in [0, 0.1) is 5.82 Å². The Morgan fingerprint density at radius 2 is 1.86 bits per heavy atom. The van der Waals surface area contributed by atoms with Crippen LogP contribution in [0.5, 0.6) is 0 Å². The monoisotopic (exact) mass is 387 g/mol. The van der Waals surface area contributed by atoms with Gasteiger partial charge in [0.1, 0.15) is 11.5 Å². The Morgan fingerprint density at radius 1 is 1.18 bits per heavy atom. The minimum absolute atomic E-state index is 0.0637. The predicted octanol–water partition coefficient (Wildman–Crippen LogP) is 2.72. The van der Waals surface area contributed by atoms with E-state index in [1.54, 1.807) is 4.68 Å². The van der Waals surface area contributed by atoms with E-state index in [1.165, 1.54) is 12.1 Å². The third-order valence-electron chi connectivity index (χ3n) is 5.20. The Balaban J connectivity index is 1.45. The highest BCUT2D eigenvalue weighted by molar-refractivity contribution is 5.92. The van der Waals surface area contributed by atoms with Gasteiger partial charge in [0.15, 0.2) is 0 Å². The average Bonchev–Trinajstić information content (AvgIpc) is 3.14. The van der Waals surface area contributed by atoms with Gasteiger partial charge < -0.3 is 10.2 Å². The summed E-state index contributed by atoms with van der Waals surface area (Å²) >= 11 is 0. The number of aryl methyl sites for hydroxylation is 1. The minimum Gasteiger partial charge on any atom is -0.369 e. The number of piperazine rings is 1. The maximum Gasteiger partial charge on any atom is 0.269 e. The fourth-order valence-corrected chi connectivity index (χ4v) is 3.44. The Kier molecular flexibility index (Phi) is 6.67. The summed E-state index contributed by atoms with van der Waals surface area (Å²) in [5, 5.41) is 7.53. The van der Waals surface area contributed by atoms with E-state index in [2.05, 4.69) is 34.1 Å². The van der Waals surface area contributed by atoms with Crippen LogP contribution >= 0.6 is 0 Å². The maximum absolute atomic E-state index is 13.1. The first kappa shape index (κ1) is 20.3. The molecule has 1 aliphatic rings. The number of anilines is 1. The molecule has 1 aromatic carbocycles. The zero-order valence-electron chi connectivity index (χ0n) is 17.0. The van der Waals surface area contributed by atoms with Crippen LogP contribution in [-0.2, 0) is 6.54 Å². The highest BCUT2D eigenvalue weighted by Crippen LogP contribution is 2.17. The van der Waals surface area contributed by atoms with Gasteiger partial charge in [0, 0.05) is 51.5 Å². The molecule has 1 fully saturated rings. The van der Waals surface area contributed by atoms with E-state index in [-0.39, 0.29) is 11.7 Å². The van der Waals surface area contributed by atoms with E-state index in [0.717, 1.165) is 44.1 Å². The lowest BCUT2D eigenvalue weighted by Gasteiger charge is -2.36. The van der Waals surface area contributed by atoms with Crippen LogP contribution in [0.4, 0.5) is 10.1 Å². The van der Waals surface area contributed by atoms with Gasteiger partial charge in [-0.2, -0.15) is 5.10 Å². The molecule has 1 aromatic heterocycles. The van der Waals surface area contributed by atoms with Crippen molar-refractivity contribution in [3.63, 3.8) is 0 Å². The molecule has 0 saturated carbocycles. The summed E-state index contributed by atoms with van der Waals surface area (Å²) in [5.74, 6) is 0.0333. The fraction of sp³-hybridized carbons (Fsp3) is 0.524. The SMILES string of the molecule is CCn1nc(C(C)C)cc1C(=O)NCCN1CCN(c2ccc(F)cc2)CC1. The van der Waals surface area contributed by atoms with Crippen molar-refractivity contribution in [3.8, 4) is 0 Å². The molecule has 2 heterocycles. The molecule has 0 radical (unpaired) electrons. The molecular weight excluding hydrogens is 357 g/mol. The number of rotatable bonds is 7. The summed E-state index contributed by atoms with van der Waals surface area (Å²) in [6.45, 7) is 11.9. The second kappa shape index (κ2) is 9.19. The lowest BCUT2D eigenvalue weighted by atomic mass is 10.1. The van der Waals surface area contributed by atoms with Crippen molar-refractivity contribution in [2.45, 2.75) is 33.2 Å². The van der Waals surface area contributed by atoms with E-state index in [1.807, 2.05) is 25.1 Å². The molecule has 2 aromatic rings. The number of nitrogens with zero attached hydrogens (tertiary/aromatic N) is 4. The first-order chi connectivity index (χ1) is 13.5. The van der Waals surface area contributed by atoms with E-state index in [9.17, 15) is 9.18 Å². The van der Waals surface area contributed by atoms with E-state index < -0.39 is 0 Å². The normalized spacial score (nSPS) is 15.2. The second-order valence-electron chi connectivity index (χ2n) is 7.49. The van der Waals surface area contributed by atoms with Crippen LogP contribution in [-0.4, -0.2) is 59.9 Å². The van der Waals surface area contributed by atoms with Crippen molar-refractivity contribution in [2.24, 2.45) is 0 Å². The van der Waals surface area contributed by atoms with E-state index >= 15 is 0 Å². The molecule has 1 aliphatic heterocycles. The van der Waals surface area contributed by atoms with Crippen molar-refractivity contribution in [3.05, 3.63) is 47.5 Å². The van der Waals surface area contributed by atoms with E-state index in [4.69, 9.17) is 0 Å². The van der Waals surface area contributed by atoms with Crippen LogP contribution in [0.2, 0.25) is 0 Å². The van der Waals surface area contributed by atoms with Gasteiger partial charge in [-0.05, 0) is 43.2 Å². The number of aromatic nitrogens is 2. The lowest BCUT2D eigenvalue weighted by molar-refractivity contribution is 0.0937. The number of hydrogen-bond acceptors (Lipinski definition) is 4. The van der Waals surface area contributed by atoms with Crippen molar-refractivity contribution < 1.29 is 9.18 Å². The molecule has 6 nitrogen and oxygen atoms in total. The van der Waals surface area contributed by atoms with Crippen molar-refractivity contribution >= 4 is 11.6 Å². The molecule has 0 atom stereocenters. The van der Waals surface area contributed by atoms with Gasteiger partial charge in [-0.25, -0.2) is 4.39 Å². The second-order valence-corrected chi connectivity index (χ2v) is 7.49. The number of carbonyl (C=O) groups is 1. The van der Waals surface area contributed by atoms with Crippen LogP contribution in [0.25, 0.3) is 0 Å². The molecular formula is C21H30FN5O. The van der Waals surface area contributed by atoms with Gasteiger partial charge in [-0.3, -0.25) is 14.4 Å². The van der Waals surface area contributed by atoms with Crippen LogP contribution < -0.4 is 10.2 Å². The van der Waals surface area contributed by atoms with Crippen LogP contribution in [0.1, 0.15) is 42.9 Å². The predicted molar refractivity (Wildman–Crippen MR) is 109 cm³/mol. The molecule has 152 valence electrons. The highest BCUT2D eigenvalue weighted by Gasteiger charge is 2.19. The number of benzene rings is 1. The summed E-state index contributed by atoms with van der Waals surface area (Å²) in [7, 11) is 0. The summed E-state index contributed by atoms with van der Waals surface area (Å²) in [6.07, 6.45) is 0. The van der Waals surface area contributed by atoms with Crippen molar-refractivity contribution in [1.29, 1.82) is 0 Å². The molecule has 0 unspecified atom stereocenters. The first-order valence-corrected chi connectivity index (χ1v) is 10.1. The standard InChI is InChI=1S/C21H30FN5O/c1-4-27-20(15-19(24-27)16(2)3)21(28)23-9-10-25-11-13-26(14-12-25)18-7-5-17(22)6-8-18/h5-8,15-16H,4,9-14H2,1-3H3,(H,23,28). The summed E-state index contributed by atoms with van der Waals surface area (Å²) in [4.78, 5) is 17.1. The summed E-state index contributed by atoms with van der Waals surface area (Å²) < 4.78 is 14.8. The largest absolute Gasteiger partial charge is 0.369 e. The molecule has 0 spiro atoms. The zero-order chi connectivity index (χ0) is 20.1. The first-order valence-electron chi connectivity index (χ1n) is 10.1. The number of carbonyl (C=O) groups excluding carboxylic acids is 1. The van der Waals surface area contributed by atoms with Gasteiger partial charge in [0.2, 0.25) is 0 Å². The number of halogens is 1. The Bertz CT molecular complexity index is 779. The number of amides is 1. The van der Waals surface area contributed by atoms with Gasteiger partial charge in [-0.1, -0.05) is 13.8 Å². The van der Waals surface area contributed by atoms with Crippen molar-refractivity contribution in [1.82, 2.24) is 20.0 Å². The molecule has 0 bridgehead atoms. The fourth-order valence-electron chi connectivity index (χ4n) is 3.44. The van der Waals surface area contributed by atoms with Crippen LogP contribution in [0.3, 0.4) is 0 Å². The van der Waals surface area contributed by atoms with Crippen LogP contribution in [0.15, 0.2) is 30.3 Å². The number of hydrogen-bond donors (Lipinski definition) is 1. The molecule has 1 N–H and O–H groups in total. The Morgan fingerprint density at radius 3 is 2.46 bits per heavy atom. The smallest absolute Gasteiger partial charge is 0.269 e. The van der Waals surface area contributed by atoms with Gasteiger partial charge in [-0.15, -0.1) is 0 Å². The van der Waals surface area contributed by atoms with Gasteiger partial charge in [0.25, 0.3) is 5.91 Å². The van der Waals surface area contributed by atoms with Gasteiger partial charge in [0.05, 0.1) is 5.69 Å². The van der Waals surface area contributed by atoms with Crippen molar-refractivity contribution in [2.75, 3.05) is 44.2 Å². The van der Waals surface area contributed by atoms with Gasteiger partial charge >= 0.3 is 0 Å². The minimum atomic E-state index is -0.206. The average molecular weight is 388 g/mol. The molecule has 0 aliphatic carbocycles. The maximum atomic E-state index is 13.1. The summed E-state index contributed by atoms with van der Waals surface area (Å²) in [6, 6.07) is 8.55.